The summed E-state index contributed by atoms with van der Waals surface area (Å²) >= 11 is 0. The van der Waals surface area contributed by atoms with Gasteiger partial charge in [-0.05, 0) is 129 Å². The number of para-hydroxylation sites is 1. The van der Waals surface area contributed by atoms with Gasteiger partial charge in [-0.3, -0.25) is 0 Å². The van der Waals surface area contributed by atoms with E-state index in [1.807, 2.05) is 0 Å². The van der Waals surface area contributed by atoms with Gasteiger partial charge in [0.2, 0.25) is 0 Å². The molecule has 1 N–H and O–H groups in total. The summed E-state index contributed by atoms with van der Waals surface area (Å²) in [5, 5.41) is 6.69. The van der Waals surface area contributed by atoms with Gasteiger partial charge in [-0.1, -0.05) is 195 Å². The number of fused-ring (bicyclic) bond motifs is 6. The van der Waals surface area contributed by atoms with E-state index in [2.05, 4.69) is 254 Å². The highest BCUT2D eigenvalue weighted by Crippen LogP contribution is 2.59. The van der Waals surface area contributed by atoms with E-state index in [0.717, 1.165) is 24.2 Å². The van der Waals surface area contributed by atoms with Crippen LogP contribution in [0.25, 0.3) is 60.9 Å². The van der Waals surface area contributed by atoms with Crippen molar-refractivity contribution in [1.29, 1.82) is 0 Å². The van der Waals surface area contributed by atoms with Crippen LogP contribution in [0.5, 0.6) is 0 Å². The van der Waals surface area contributed by atoms with E-state index in [9.17, 15) is 0 Å². The Bertz CT molecular complexity index is 3360. The van der Waals surface area contributed by atoms with Crippen molar-refractivity contribution in [2.45, 2.75) is 37.6 Å². The molecule has 65 heavy (non-hydrogen) atoms. The quantitative estimate of drug-likeness (QED) is 0.161. The zero-order valence-corrected chi connectivity index (χ0v) is 36.9. The third kappa shape index (κ3) is 6.47. The van der Waals surface area contributed by atoms with Crippen LogP contribution in [0.3, 0.4) is 0 Å². The number of hydrogen-bond donors (Lipinski definition) is 1. The Kier molecular flexibility index (Phi) is 9.31. The zero-order valence-electron chi connectivity index (χ0n) is 36.9. The summed E-state index contributed by atoms with van der Waals surface area (Å²) in [6.07, 6.45) is 14.1. The molecular weight excluding hydrogens is 785 g/mol. The largest absolute Gasteiger partial charge is 0.376 e. The molecule has 2 atom stereocenters. The van der Waals surface area contributed by atoms with Crippen molar-refractivity contribution in [3.63, 3.8) is 0 Å². The van der Waals surface area contributed by atoms with Crippen LogP contribution in [0.1, 0.15) is 54.5 Å². The van der Waals surface area contributed by atoms with E-state index < -0.39 is 5.41 Å². The molecule has 12 rings (SSSR count). The molecule has 0 radical (unpaired) electrons. The van der Waals surface area contributed by atoms with Crippen molar-refractivity contribution in [2.24, 2.45) is 5.92 Å². The van der Waals surface area contributed by atoms with Crippen LogP contribution in [-0.2, 0) is 5.41 Å². The van der Waals surface area contributed by atoms with Crippen LogP contribution in [0.2, 0.25) is 0 Å². The van der Waals surface area contributed by atoms with Crippen molar-refractivity contribution in [3.8, 4) is 27.9 Å². The van der Waals surface area contributed by atoms with Crippen molar-refractivity contribution in [3.05, 3.63) is 264 Å². The fourth-order valence-corrected chi connectivity index (χ4v) is 11.1. The lowest BCUT2D eigenvalue weighted by molar-refractivity contribution is 0.623. The van der Waals surface area contributed by atoms with E-state index >= 15 is 0 Å². The van der Waals surface area contributed by atoms with Gasteiger partial charge in [-0.15, -0.1) is 0 Å². The maximum Gasteiger partial charge on any atom is 0.0711 e. The van der Waals surface area contributed by atoms with Crippen LogP contribution in [0.15, 0.2) is 236 Å². The highest BCUT2D eigenvalue weighted by molar-refractivity contribution is 6.10. The monoisotopic (exact) mass is 834 g/mol. The highest BCUT2D eigenvalue weighted by atomic mass is 15.0. The number of allylic oxidation sites excluding steroid dienone is 6. The van der Waals surface area contributed by atoms with Gasteiger partial charge < -0.3 is 9.88 Å². The number of hydrogen-bond acceptors (Lipinski definition) is 1. The maximum atomic E-state index is 4.19. The molecule has 0 aliphatic heterocycles. The molecule has 3 aliphatic rings. The lowest BCUT2D eigenvalue weighted by atomic mass is 9.65. The van der Waals surface area contributed by atoms with Crippen molar-refractivity contribution < 1.29 is 0 Å². The van der Waals surface area contributed by atoms with Crippen LogP contribution < -0.4 is 5.32 Å². The minimum absolute atomic E-state index is 0.365. The second-order valence-corrected chi connectivity index (χ2v) is 18.4. The second-order valence-electron chi connectivity index (χ2n) is 18.4. The van der Waals surface area contributed by atoms with Gasteiger partial charge in [0.15, 0.2) is 0 Å². The van der Waals surface area contributed by atoms with Crippen LogP contribution in [0, 0.1) is 5.92 Å². The zero-order chi connectivity index (χ0) is 43.5. The molecule has 1 unspecified atom stereocenters. The molecule has 0 bridgehead atoms. The topological polar surface area (TPSA) is 17.0 Å². The predicted molar refractivity (Wildman–Crippen MR) is 274 cm³/mol. The molecule has 0 saturated carbocycles. The van der Waals surface area contributed by atoms with Gasteiger partial charge in [-0.25, -0.2) is 0 Å². The third-order valence-corrected chi connectivity index (χ3v) is 14.2. The van der Waals surface area contributed by atoms with Crippen molar-refractivity contribution in [2.75, 3.05) is 5.32 Å². The Morgan fingerprint density at radius 1 is 0.554 bits per heavy atom. The lowest BCUT2D eigenvalue weighted by Crippen LogP contribution is -2.37. The van der Waals surface area contributed by atoms with Gasteiger partial charge in [0, 0.05) is 27.7 Å². The summed E-state index contributed by atoms with van der Waals surface area (Å²) in [5.74, 6) is 0.461. The molecule has 1 aromatic heterocycles. The molecule has 0 fully saturated rings. The van der Waals surface area contributed by atoms with E-state index in [0.29, 0.717) is 5.92 Å². The number of benzene rings is 8. The number of anilines is 1. The SMILES string of the molecule is C[C@@H]1C=C(c2cc(-c3ccc4c(c3)c3ccccc3n4-c3ccc(-c4ccccc4)cc3)ccc2NC2(C)C=C3C(=CC2)c2ccccc2C3(c2ccccc2)c2ccccc2)C=CC1. The highest BCUT2D eigenvalue weighted by Gasteiger charge is 2.50. The standard InChI is InChI=1S/C63H50N2/c1-43-17-16-20-48(39-43)55-40-46(47-32-36-61-56(41-47)54-26-13-15-28-60(54)65(61)51-33-29-45(30-34-51)44-18-6-3-7-19-44)31-35-59(55)64-62(2)38-37-53-52-25-12-14-27-57(52)63(58(53)42-62,49-21-8-4-9-22-49)50-23-10-5-11-24-50/h3-16,18-37,39-43,64H,17,38H2,1-2H3/t43-,62?/m0/s1. The van der Waals surface area contributed by atoms with E-state index in [-0.39, 0.29) is 5.54 Å². The Hall–Kier alpha value is -7.68. The molecule has 3 aliphatic carbocycles. The van der Waals surface area contributed by atoms with Crippen molar-refractivity contribution in [1.82, 2.24) is 4.57 Å². The van der Waals surface area contributed by atoms with E-state index in [1.54, 1.807) is 0 Å². The van der Waals surface area contributed by atoms with Crippen LogP contribution in [0.4, 0.5) is 5.69 Å². The fourth-order valence-electron chi connectivity index (χ4n) is 11.1. The summed E-state index contributed by atoms with van der Waals surface area (Å²) < 4.78 is 2.41. The lowest BCUT2D eigenvalue weighted by Gasteiger charge is -2.39. The van der Waals surface area contributed by atoms with E-state index in [1.165, 1.54) is 88.6 Å². The Balaban J connectivity index is 0.961. The normalized spacial score (nSPS) is 18.4. The molecule has 2 heteroatoms. The summed E-state index contributed by atoms with van der Waals surface area (Å²) in [6, 6.07) is 73.8. The third-order valence-electron chi connectivity index (χ3n) is 14.2. The molecular formula is C63H50N2. The molecule has 0 saturated heterocycles. The second kappa shape index (κ2) is 15.5. The van der Waals surface area contributed by atoms with Crippen LogP contribution >= 0.6 is 0 Å². The van der Waals surface area contributed by atoms with Gasteiger partial charge in [0.25, 0.3) is 0 Å². The first-order chi connectivity index (χ1) is 32.0. The fraction of sp³-hybridized carbons (Fsp3) is 0.111. The van der Waals surface area contributed by atoms with Gasteiger partial charge in [0.1, 0.15) is 0 Å². The number of nitrogens with zero attached hydrogens (tertiary/aromatic N) is 1. The molecule has 0 amide bonds. The number of aromatic nitrogens is 1. The van der Waals surface area contributed by atoms with E-state index in [4.69, 9.17) is 0 Å². The minimum atomic E-state index is -0.446. The average Bonchev–Trinajstić information content (AvgIpc) is 3.84. The Labute approximate surface area is 382 Å². The Morgan fingerprint density at radius 2 is 1.17 bits per heavy atom. The van der Waals surface area contributed by atoms with Gasteiger partial charge >= 0.3 is 0 Å². The molecule has 8 aromatic carbocycles. The number of nitrogens with one attached hydrogen (secondary N) is 1. The first kappa shape index (κ1) is 39.0. The summed E-state index contributed by atoms with van der Waals surface area (Å²) in [6.45, 7) is 4.70. The summed E-state index contributed by atoms with van der Waals surface area (Å²) in [4.78, 5) is 0. The summed E-state index contributed by atoms with van der Waals surface area (Å²) in [7, 11) is 0. The van der Waals surface area contributed by atoms with Crippen molar-refractivity contribution >= 4 is 38.6 Å². The molecule has 1 heterocycles. The molecule has 2 nitrogen and oxygen atoms in total. The smallest absolute Gasteiger partial charge is 0.0711 e. The first-order valence-electron chi connectivity index (χ1n) is 23.1. The molecule has 312 valence electrons. The minimum Gasteiger partial charge on any atom is -0.376 e. The Morgan fingerprint density at radius 3 is 1.92 bits per heavy atom. The van der Waals surface area contributed by atoms with Gasteiger partial charge in [-0.2, -0.15) is 0 Å². The first-order valence-corrected chi connectivity index (χ1v) is 23.1. The maximum absolute atomic E-state index is 4.19. The average molecular weight is 835 g/mol. The summed E-state index contributed by atoms with van der Waals surface area (Å²) in [5.41, 5.74) is 19.2. The predicted octanol–water partition coefficient (Wildman–Crippen LogP) is 16.0. The van der Waals surface area contributed by atoms with Crippen LogP contribution in [-0.4, -0.2) is 10.1 Å². The molecule has 0 spiro atoms. The van der Waals surface area contributed by atoms with Gasteiger partial charge in [0.05, 0.1) is 22.0 Å². The number of rotatable bonds is 8. The molecule has 9 aromatic rings.